The molecule has 4 atom stereocenters. The number of aromatic nitrogens is 1. The molecular weight excluding hydrogens is 254 g/mol. The molecule has 0 amide bonds. The third kappa shape index (κ3) is 2.59. The minimum Gasteiger partial charge on any atom is -0.464 e. The molecule has 104 valence electrons. The molecule has 1 fully saturated rings. The number of ether oxygens (including phenoxy) is 2. The van der Waals surface area contributed by atoms with E-state index in [2.05, 4.69) is 9.72 Å². The van der Waals surface area contributed by atoms with Crippen LogP contribution < -0.4 is 0 Å². The zero-order valence-corrected chi connectivity index (χ0v) is 10.3. The maximum absolute atomic E-state index is 11.4. The summed E-state index contributed by atoms with van der Waals surface area (Å²) in [6.45, 7) is -0.411. The monoisotopic (exact) mass is 269 g/mol. The Morgan fingerprint density at radius 1 is 1.42 bits per heavy atom. The number of aliphatic hydroxyl groups is 3. The van der Waals surface area contributed by atoms with Crippen LogP contribution in [0.1, 0.15) is 22.3 Å². The molecule has 0 aliphatic carbocycles. The van der Waals surface area contributed by atoms with E-state index in [9.17, 15) is 15.0 Å². The van der Waals surface area contributed by atoms with Gasteiger partial charge in [0, 0.05) is 0 Å². The van der Waals surface area contributed by atoms with E-state index in [-0.39, 0.29) is 5.69 Å². The molecule has 0 aromatic carbocycles. The van der Waals surface area contributed by atoms with E-state index in [4.69, 9.17) is 9.84 Å². The van der Waals surface area contributed by atoms with Gasteiger partial charge < -0.3 is 24.8 Å². The summed E-state index contributed by atoms with van der Waals surface area (Å²) in [4.78, 5) is 15.4. The van der Waals surface area contributed by atoms with Crippen molar-refractivity contribution in [2.24, 2.45) is 0 Å². The Morgan fingerprint density at radius 3 is 2.74 bits per heavy atom. The highest BCUT2D eigenvalue weighted by Crippen LogP contribution is 2.32. The molecule has 3 N–H and O–H groups in total. The van der Waals surface area contributed by atoms with Crippen molar-refractivity contribution >= 4 is 5.97 Å². The summed E-state index contributed by atoms with van der Waals surface area (Å²) < 4.78 is 9.87. The van der Waals surface area contributed by atoms with Gasteiger partial charge in [0.05, 0.1) is 19.4 Å². The number of hydrogen-bond acceptors (Lipinski definition) is 7. The minimum atomic E-state index is -1.21. The van der Waals surface area contributed by atoms with E-state index in [1.54, 1.807) is 12.1 Å². The van der Waals surface area contributed by atoms with Crippen LogP contribution in [0.5, 0.6) is 0 Å². The molecule has 19 heavy (non-hydrogen) atoms. The van der Waals surface area contributed by atoms with Gasteiger partial charge in [0.15, 0.2) is 0 Å². The Hall–Kier alpha value is -1.54. The number of aliphatic hydroxyl groups excluding tert-OH is 3. The Morgan fingerprint density at radius 2 is 2.16 bits per heavy atom. The van der Waals surface area contributed by atoms with E-state index < -0.39 is 37.0 Å². The van der Waals surface area contributed by atoms with Gasteiger partial charge in [-0.15, -0.1) is 0 Å². The quantitative estimate of drug-likeness (QED) is 0.605. The molecule has 7 heteroatoms. The van der Waals surface area contributed by atoms with Gasteiger partial charge in [-0.1, -0.05) is 6.07 Å². The summed E-state index contributed by atoms with van der Waals surface area (Å²) in [6.07, 6.45) is -4.17. The lowest BCUT2D eigenvalue weighted by atomic mass is 10.1. The van der Waals surface area contributed by atoms with Crippen LogP contribution >= 0.6 is 0 Å². The van der Waals surface area contributed by atoms with Crippen LogP contribution in [0.4, 0.5) is 0 Å². The van der Waals surface area contributed by atoms with E-state index in [0.29, 0.717) is 5.69 Å². The van der Waals surface area contributed by atoms with Gasteiger partial charge in [0.2, 0.25) is 0 Å². The van der Waals surface area contributed by atoms with Crippen molar-refractivity contribution in [3.63, 3.8) is 0 Å². The van der Waals surface area contributed by atoms with Crippen molar-refractivity contribution in [1.29, 1.82) is 0 Å². The second-order valence-corrected chi connectivity index (χ2v) is 4.20. The topological polar surface area (TPSA) is 109 Å². The fraction of sp³-hybridized carbons (Fsp3) is 0.500. The molecular formula is C12H15NO6. The second kappa shape index (κ2) is 5.62. The lowest BCUT2D eigenvalue weighted by Crippen LogP contribution is -2.32. The summed E-state index contributed by atoms with van der Waals surface area (Å²) in [5.74, 6) is -0.603. The predicted octanol–water partition coefficient (Wildman–Crippen LogP) is -0.978. The summed E-state index contributed by atoms with van der Waals surface area (Å²) in [7, 11) is 1.24. The zero-order valence-electron chi connectivity index (χ0n) is 10.3. The van der Waals surface area contributed by atoms with E-state index in [0.717, 1.165) is 0 Å². The maximum atomic E-state index is 11.4. The highest BCUT2D eigenvalue weighted by atomic mass is 16.6. The van der Waals surface area contributed by atoms with Crippen molar-refractivity contribution < 1.29 is 29.6 Å². The molecule has 7 nitrogen and oxygen atoms in total. The first-order valence-corrected chi connectivity index (χ1v) is 5.76. The molecule has 2 rings (SSSR count). The molecule has 1 saturated heterocycles. The maximum Gasteiger partial charge on any atom is 0.356 e. The molecule has 0 spiro atoms. The van der Waals surface area contributed by atoms with Crippen LogP contribution in [0.15, 0.2) is 18.2 Å². The van der Waals surface area contributed by atoms with Crippen LogP contribution in [0, 0.1) is 0 Å². The van der Waals surface area contributed by atoms with E-state index in [1.807, 2.05) is 0 Å². The number of pyridine rings is 1. The van der Waals surface area contributed by atoms with Gasteiger partial charge in [-0.05, 0) is 12.1 Å². The Balaban J connectivity index is 2.25. The second-order valence-electron chi connectivity index (χ2n) is 4.20. The third-order valence-electron chi connectivity index (χ3n) is 3.00. The molecule has 0 radical (unpaired) electrons. The van der Waals surface area contributed by atoms with Gasteiger partial charge >= 0.3 is 5.97 Å². The van der Waals surface area contributed by atoms with Crippen molar-refractivity contribution in [2.75, 3.05) is 13.7 Å². The highest BCUT2D eigenvalue weighted by molar-refractivity contribution is 5.87. The standard InChI is InChI=1S/C12H15NO6/c1-18-12(17)7-4-2-3-6(13-7)11-10(16)9(15)8(5-14)19-11/h2-4,8-11,14-16H,5H2,1H3/t8-,9-,10-,11+/m1/s1. The van der Waals surface area contributed by atoms with Crippen molar-refractivity contribution in [2.45, 2.75) is 24.4 Å². The molecule has 0 bridgehead atoms. The van der Waals surface area contributed by atoms with Gasteiger partial charge in [0.25, 0.3) is 0 Å². The van der Waals surface area contributed by atoms with Gasteiger partial charge in [-0.2, -0.15) is 0 Å². The summed E-state index contributed by atoms with van der Waals surface area (Å²) in [5, 5.41) is 28.5. The Labute approximate surface area is 109 Å². The lowest BCUT2D eigenvalue weighted by Gasteiger charge is -2.14. The molecule has 1 aromatic heterocycles. The fourth-order valence-electron chi connectivity index (χ4n) is 1.97. The molecule has 1 aliphatic rings. The van der Waals surface area contributed by atoms with Gasteiger partial charge in [0.1, 0.15) is 30.1 Å². The number of carbonyl (C=O) groups is 1. The molecule has 1 aromatic rings. The van der Waals surface area contributed by atoms with Crippen molar-refractivity contribution in [3.05, 3.63) is 29.6 Å². The SMILES string of the molecule is COC(=O)c1cccc([C@@H]2O[C@H](CO)[C@@H](O)[C@H]2O)n1. The van der Waals surface area contributed by atoms with Gasteiger partial charge in [-0.3, -0.25) is 0 Å². The number of nitrogens with zero attached hydrogens (tertiary/aromatic N) is 1. The molecule has 0 unspecified atom stereocenters. The van der Waals surface area contributed by atoms with Crippen molar-refractivity contribution in [1.82, 2.24) is 4.98 Å². The average Bonchev–Trinajstić information content (AvgIpc) is 2.74. The smallest absolute Gasteiger partial charge is 0.356 e. The minimum absolute atomic E-state index is 0.0812. The van der Waals surface area contributed by atoms with E-state index >= 15 is 0 Å². The van der Waals surface area contributed by atoms with Gasteiger partial charge in [-0.25, -0.2) is 9.78 Å². The first kappa shape index (κ1) is 13.9. The average molecular weight is 269 g/mol. The fourth-order valence-corrected chi connectivity index (χ4v) is 1.97. The van der Waals surface area contributed by atoms with Crippen molar-refractivity contribution in [3.8, 4) is 0 Å². The first-order valence-electron chi connectivity index (χ1n) is 5.76. The zero-order chi connectivity index (χ0) is 14.0. The number of carbonyl (C=O) groups excluding carboxylic acids is 1. The molecule has 0 saturated carbocycles. The number of hydrogen-bond donors (Lipinski definition) is 3. The summed E-state index contributed by atoms with van der Waals surface area (Å²) in [5.41, 5.74) is 0.378. The number of rotatable bonds is 3. The summed E-state index contributed by atoms with van der Waals surface area (Å²) in [6, 6.07) is 4.60. The predicted molar refractivity (Wildman–Crippen MR) is 62.3 cm³/mol. The van der Waals surface area contributed by atoms with Crippen LogP contribution in [-0.4, -0.2) is 58.3 Å². The molecule has 2 heterocycles. The summed E-state index contributed by atoms with van der Waals surface area (Å²) >= 11 is 0. The van der Waals surface area contributed by atoms with Crippen LogP contribution in [0.25, 0.3) is 0 Å². The molecule has 1 aliphatic heterocycles. The lowest BCUT2D eigenvalue weighted by molar-refractivity contribution is -0.0240. The first-order chi connectivity index (χ1) is 9.08. The number of esters is 1. The largest absolute Gasteiger partial charge is 0.464 e. The Kier molecular flexibility index (Phi) is 4.11. The highest BCUT2D eigenvalue weighted by Gasteiger charge is 2.43. The van der Waals surface area contributed by atoms with Crippen LogP contribution in [0.3, 0.4) is 0 Å². The normalized spacial score (nSPS) is 30.3. The number of methoxy groups -OCH3 is 1. The van der Waals surface area contributed by atoms with Crippen LogP contribution in [0.2, 0.25) is 0 Å². The van der Waals surface area contributed by atoms with Crippen LogP contribution in [-0.2, 0) is 9.47 Å². The third-order valence-corrected chi connectivity index (χ3v) is 3.00. The Bertz CT molecular complexity index is 465. The van der Waals surface area contributed by atoms with E-state index in [1.165, 1.54) is 13.2 Å².